The van der Waals surface area contributed by atoms with Gasteiger partial charge in [-0.15, -0.1) is 0 Å². The average molecular weight is 347 g/mol. The molecule has 2 atom stereocenters. The zero-order valence-corrected chi connectivity index (χ0v) is 15.6. The van der Waals surface area contributed by atoms with Crippen molar-refractivity contribution in [2.45, 2.75) is 45.2 Å². The second-order valence-electron chi connectivity index (χ2n) is 7.41. The van der Waals surface area contributed by atoms with E-state index in [0.717, 1.165) is 18.9 Å². The molecule has 0 aliphatic carbocycles. The molecule has 1 aliphatic heterocycles. The van der Waals surface area contributed by atoms with Crippen LogP contribution in [0.5, 0.6) is 0 Å². The summed E-state index contributed by atoms with van der Waals surface area (Å²) in [6.45, 7) is 8.18. The Hall–Kier alpha value is -2.46. The molecule has 4 rings (SSSR count). The van der Waals surface area contributed by atoms with Crippen molar-refractivity contribution in [1.82, 2.24) is 15.0 Å². The predicted molar refractivity (Wildman–Crippen MR) is 102 cm³/mol. The standard InChI is InChI=1S/C22H25N3O/c1-15(2)21-23-22(26-24-21)16(3)25-13-18-11-7-8-12-19(18)20(14-25)17-9-5-4-6-10-17/h4-12,15-16,20H,13-14H2,1-3H3/t16-,20-/m0/s1. The summed E-state index contributed by atoms with van der Waals surface area (Å²) in [6, 6.07) is 19.6. The summed E-state index contributed by atoms with van der Waals surface area (Å²) in [7, 11) is 0. The summed E-state index contributed by atoms with van der Waals surface area (Å²) in [5.74, 6) is 2.12. The minimum absolute atomic E-state index is 0.0922. The van der Waals surface area contributed by atoms with Crippen LogP contribution in [0.3, 0.4) is 0 Å². The molecule has 26 heavy (non-hydrogen) atoms. The van der Waals surface area contributed by atoms with E-state index in [1.807, 2.05) is 0 Å². The van der Waals surface area contributed by atoms with E-state index in [-0.39, 0.29) is 12.0 Å². The second-order valence-corrected chi connectivity index (χ2v) is 7.41. The van der Waals surface area contributed by atoms with Gasteiger partial charge in [-0.3, -0.25) is 4.90 Å². The lowest BCUT2D eigenvalue weighted by Crippen LogP contribution is -2.36. The highest BCUT2D eigenvalue weighted by Gasteiger charge is 2.31. The summed E-state index contributed by atoms with van der Waals surface area (Å²) in [4.78, 5) is 7.06. The summed E-state index contributed by atoms with van der Waals surface area (Å²) >= 11 is 0. The number of hydrogen-bond acceptors (Lipinski definition) is 4. The molecular formula is C22H25N3O. The molecule has 0 amide bonds. The highest BCUT2D eigenvalue weighted by molar-refractivity contribution is 5.40. The molecule has 4 heteroatoms. The van der Waals surface area contributed by atoms with Gasteiger partial charge in [0.1, 0.15) is 0 Å². The fourth-order valence-electron chi connectivity index (χ4n) is 3.71. The quantitative estimate of drug-likeness (QED) is 0.673. The van der Waals surface area contributed by atoms with Crippen LogP contribution in [0.1, 0.15) is 67.1 Å². The van der Waals surface area contributed by atoms with Crippen LogP contribution in [0, 0.1) is 0 Å². The summed E-state index contributed by atoms with van der Waals surface area (Å²) in [6.07, 6.45) is 0. The van der Waals surface area contributed by atoms with Gasteiger partial charge in [-0.05, 0) is 23.6 Å². The lowest BCUT2D eigenvalue weighted by molar-refractivity contribution is 0.150. The Bertz CT molecular complexity index is 872. The van der Waals surface area contributed by atoms with Gasteiger partial charge >= 0.3 is 0 Å². The van der Waals surface area contributed by atoms with Crippen LogP contribution in [0.2, 0.25) is 0 Å². The molecule has 2 aromatic carbocycles. The average Bonchev–Trinajstić information content (AvgIpc) is 3.18. The maximum absolute atomic E-state index is 5.57. The summed E-state index contributed by atoms with van der Waals surface area (Å²) in [5.41, 5.74) is 4.16. The lowest BCUT2D eigenvalue weighted by Gasteiger charge is -2.37. The maximum Gasteiger partial charge on any atom is 0.243 e. The van der Waals surface area contributed by atoms with Crippen LogP contribution < -0.4 is 0 Å². The van der Waals surface area contributed by atoms with Crippen molar-refractivity contribution >= 4 is 0 Å². The molecule has 0 spiro atoms. The molecule has 0 unspecified atom stereocenters. The normalized spacial score (nSPS) is 18.7. The summed E-state index contributed by atoms with van der Waals surface area (Å²) < 4.78 is 5.57. The van der Waals surface area contributed by atoms with Crippen LogP contribution in [0.25, 0.3) is 0 Å². The van der Waals surface area contributed by atoms with Gasteiger partial charge in [-0.25, -0.2) is 0 Å². The van der Waals surface area contributed by atoms with E-state index in [1.54, 1.807) is 0 Å². The Balaban J connectivity index is 1.66. The topological polar surface area (TPSA) is 42.2 Å². The third-order valence-electron chi connectivity index (χ3n) is 5.30. The number of benzene rings is 2. The van der Waals surface area contributed by atoms with Gasteiger partial charge in [0.25, 0.3) is 0 Å². The van der Waals surface area contributed by atoms with Crippen molar-refractivity contribution in [3.63, 3.8) is 0 Å². The molecule has 0 saturated carbocycles. The zero-order chi connectivity index (χ0) is 18.1. The number of nitrogens with zero attached hydrogens (tertiary/aromatic N) is 3. The molecule has 4 nitrogen and oxygen atoms in total. The van der Waals surface area contributed by atoms with Crippen LogP contribution in [-0.4, -0.2) is 21.6 Å². The van der Waals surface area contributed by atoms with E-state index in [0.29, 0.717) is 11.8 Å². The highest BCUT2D eigenvalue weighted by Crippen LogP contribution is 2.36. The molecule has 0 fully saturated rings. The van der Waals surface area contributed by atoms with Crippen LogP contribution in [0.15, 0.2) is 59.1 Å². The van der Waals surface area contributed by atoms with Gasteiger partial charge in [-0.1, -0.05) is 73.6 Å². The first-order chi connectivity index (χ1) is 12.6. The number of hydrogen-bond donors (Lipinski definition) is 0. The first-order valence-electron chi connectivity index (χ1n) is 9.33. The van der Waals surface area contributed by atoms with Gasteiger partial charge in [0.05, 0.1) is 6.04 Å². The molecule has 0 saturated heterocycles. The largest absolute Gasteiger partial charge is 0.338 e. The lowest BCUT2D eigenvalue weighted by atomic mass is 9.84. The van der Waals surface area contributed by atoms with E-state index in [1.165, 1.54) is 16.7 Å². The minimum Gasteiger partial charge on any atom is -0.338 e. The van der Waals surface area contributed by atoms with Crippen LogP contribution in [0.4, 0.5) is 0 Å². The molecule has 0 N–H and O–H groups in total. The predicted octanol–water partition coefficient (Wildman–Crippen LogP) is 4.90. The number of aromatic nitrogens is 2. The van der Waals surface area contributed by atoms with E-state index >= 15 is 0 Å². The SMILES string of the molecule is CC(C)c1noc([C@H](C)N2Cc3ccccc3[C@H](c3ccccc3)C2)n1. The fraction of sp³-hybridized carbons (Fsp3) is 0.364. The van der Waals surface area contributed by atoms with Crippen LogP contribution in [-0.2, 0) is 6.54 Å². The van der Waals surface area contributed by atoms with Gasteiger partial charge in [0.15, 0.2) is 5.82 Å². The van der Waals surface area contributed by atoms with Gasteiger partial charge in [0.2, 0.25) is 5.89 Å². The maximum atomic E-state index is 5.57. The second kappa shape index (κ2) is 7.04. The Labute approximate surface area is 154 Å². The van der Waals surface area contributed by atoms with Crippen molar-refractivity contribution in [1.29, 1.82) is 0 Å². The van der Waals surface area contributed by atoms with E-state index in [2.05, 4.69) is 90.4 Å². The van der Waals surface area contributed by atoms with Crippen molar-refractivity contribution < 1.29 is 4.52 Å². The fourth-order valence-corrected chi connectivity index (χ4v) is 3.71. The number of fused-ring (bicyclic) bond motifs is 1. The zero-order valence-electron chi connectivity index (χ0n) is 15.6. The van der Waals surface area contributed by atoms with Gasteiger partial charge in [0, 0.05) is 24.9 Å². The van der Waals surface area contributed by atoms with Crippen molar-refractivity contribution in [3.8, 4) is 0 Å². The van der Waals surface area contributed by atoms with E-state index < -0.39 is 0 Å². The Morgan fingerprint density at radius 1 is 1.00 bits per heavy atom. The van der Waals surface area contributed by atoms with Crippen molar-refractivity contribution in [2.75, 3.05) is 6.54 Å². The molecule has 1 aliphatic rings. The number of rotatable bonds is 4. The third-order valence-corrected chi connectivity index (χ3v) is 5.30. The molecule has 134 valence electrons. The van der Waals surface area contributed by atoms with Gasteiger partial charge < -0.3 is 4.52 Å². The molecule has 1 aromatic heterocycles. The smallest absolute Gasteiger partial charge is 0.243 e. The monoisotopic (exact) mass is 347 g/mol. The van der Waals surface area contributed by atoms with Crippen molar-refractivity contribution in [3.05, 3.63) is 83.0 Å². The van der Waals surface area contributed by atoms with Crippen LogP contribution >= 0.6 is 0 Å². The van der Waals surface area contributed by atoms with E-state index in [4.69, 9.17) is 4.52 Å². The molecule has 0 radical (unpaired) electrons. The Morgan fingerprint density at radius 3 is 2.46 bits per heavy atom. The molecular weight excluding hydrogens is 322 g/mol. The van der Waals surface area contributed by atoms with Crippen molar-refractivity contribution in [2.24, 2.45) is 0 Å². The summed E-state index contributed by atoms with van der Waals surface area (Å²) in [5, 5.41) is 4.14. The first-order valence-corrected chi connectivity index (χ1v) is 9.33. The molecule has 2 heterocycles. The molecule has 0 bridgehead atoms. The first kappa shape index (κ1) is 17.0. The van der Waals surface area contributed by atoms with E-state index in [9.17, 15) is 0 Å². The third kappa shape index (κ3) is 3.17. The Kier molecular flexibility index (Phi) is 4.60. The molecule has 3 aromatic rings. The highest BCUT2D eigenvalue weighted by atomic mass is 16.5. The van der Waals surface area contributed by atoms with Gasteiger partial charge in [-0.2, -0.15) is 4.98 Å². The Morgan fingerprint density at radius 2 is 1.73 bits per heavy atom. The minimum atomic E-state index is 0.0922.